The van der Waals surface area contributed by atoms with Gasteiger partial charge in [0, 0.05) is 24.1 Å². The second kappa shape index (κ2) is 3.29. The second-order valence-electron chi connectivity index (χ2n) is 3.69. The monoisotopic (exact) mass is 190 g/mol. The third-order valence-electron chi connectivity index (χ3n) is 2.16. The van der Waals surface area contributed by atoms with Crippen LogP contribution in [0.3, 0.4) is 0 Å². The summed E-state index contributed by atoms with van der Waals surface area (Å²) in [6, 6.07) is 2.41. The molecule has 0 bridgehead atoms. The van der Waals surface area contributed by atoms with Crippen molar-refractivity contribution in [1.82, 2.24) is 19.7 Å². The van der Waals surface area contributed by atoms with E-state index < -0.39 is 0 Å². The summed E-state index contributed by atoms with van der Waals surface area (Å²) in [6.45, 7) is 6.24. The van der Waals surface area contributed by atoms with Crippen molar-refractivity contribution in [1.29, 1.82) is 0 Å². The number of H-pyrrole nitrogens is 1. The molecule has 0 radical (unpaired) electrons. The molecule has 0 amide bonds. The van der Waals surface area contributed by atoms with Gasteiger partial charge in [0.25, 0.3) is 0 Å². The van der Waals surface area contributed by atoms with Crippen LogP contribution in [0.5, 0.6) is 0 Å². The molecule has 14 heavy (non-hydrogen) atoms. The average molecular weight is 190 g/mol. The summed E-state index contributed by atoms with van der Waals surface area (Å²) < 4.78 is 2.11. The molecule has 0 unspecified atom stereocenters. The number of aryl methyl sites for hydroxylation is 1. The highest BCUT2D eigenvalue weighted by Crippen LogP contribution is 2.19. The van der Waals surface area contributed by atoms with Gasteiger partial charge in [-0.15, -0.1) is 0 Å². The van der Waals surface area contributed by atoms with E-state index in [9.17, 15) is 0 Å². The van der Waals surface area contributed by atoms with Gasteiger partial charge in [-0.05, 0) is 26.8 Å². The van der Waals surface area contributed by atoms with Crippen LogP contribution in [0.25, 0.3) is 11.5 Å². The molecule has 2 rings (SSSR count). The summed E-state index contributed by atoms with van der Waals surface area (Å²) in [4.78, 5) is 4.30. The van der Waals surface area contributed by atoms with E-state index in [1.807, 2.05) is 19.2 Å². The number of nitrogens with zero attached hydrogens (tertiary/aromatic N) is 3. The van der Waals surface area contributed by atoms with E-state index >= 15 is 0 Å². The van der Waals surface area contributed by atoms with Crippen molar-refractivity contribution in [2.45, 2.75) is 26.8 Å². The summed E-state index contributed by atoms with van der Waals surface area (Å²) in [5.41, 5.74) is 1.96. The lowest BCUT2D eigenvalue weighted by atomic mass is 10.3. The molecule has 0 aromatic carbocycles. The summed E-state index contributed by atoms with van der Waals surface area (Å²) in [5.74, 6) is 0.921. The maximum absolute atomic E-state index is 4.30. The molecule has 0 atom stereocenters. The van der Waals surface area contributed by atoms with Gasteiger partial charge in [-0.3, -0.25) is 5.10 Å². The molecule has 0 saturated carbocycles. The number of hydrogen-bond donors (Lipinski definition) is 1. The predicted octanol–water partition coefficient (Wildman–Crippen LogP) is 2.16. The minimum atomic E-state index is 0.407. The predicted molar refractivity (Wildman–Crippen MR) is 54.9 cm³/mol. The van der Waals surface area contributed by atoms with Crippen LogP contribution < -0.4 is 0 Å². The summed E-state index contributed by atoms with van der Waals surface area (Å²) in [6.07, 6.45) is 3.78. The Morgan fingerprint density at radius 2 is 2.21 bits per heavy atom. The van der Waals surface area contributed by atoms with Crippen molar-refractivity contribution in [2.24, 2.45) is 0 Å². The maximum atomic E-state index is 4.30. The number of nitrogens with one attached hydrogen (secondary N) is 1. The lowest BCUT2D eigenvalue weighted by molar-refractivity contribution is 0.605. The zero-order chi connectivity index (χ0) is 10.1. The van der Waals surface area contributed by atoms with E-state index in [0.29, 0.717) is 6.04 Å². The lowest BCUT2D eigenvalue weighted by Crippen LogP contribution is -2.01. The molecule has 0 spiro atoms. The molecular formula is C10H14N4. The van der Waals surface area contributed by atoms with Gasteiger partial charge in [0.05, 0.1) is 0 Å². The van der Waals surface area contributed by atoms with Crippen LogP contribution in [0.1, 0.15) is 25.6 Å². The number of hydrogen-bond acceptors (Lipinski definition) is 2. The topological polar surface area (TPSA) is 46.5 Å². The first kappa shape index (κ1) is 8.99. The van der Waals surface area contributed by atoms with Crippen LogP contribution in [0.15, 0.2) is 18.5 Å². The summed E-state index contributed by atoms with van der Waals surface area (Å²) in [7, 11) is 0. The zero-order valence-electron chi connectivity index (χ0n) is 8.65. The molecule has 0 saturated heterocycles. The second-order valence-corrected chi connectivity index (χ2v) is 3.69. The third kappa shape index (κ3) is 1.43. The Hall–Kier alpha value is -1.58. The van der Waals surface area contributed by atoms with Crippen LogP contribution in [-0.2, 0) is 0 Å². The van der Waals surface area contributed by atoms with Gasteiger partial charge < -0.3 is 4.57 Å². The molecule has 0 aliphatic rings. The molecular weight excluding hydrogens is 176 g/mol. The zero-order valence-corrected chi connectivity index (χ0v) is 8.65. The highest BCUT2D eigenvalue weighted by molar-refractivity contribution is 5.50. The number of aromatic amines is 1. The molecule has 0 aliphatic carbocycles. The van der Waals surface area contributed by atoms with Crippen LogP contribution in [0.2, 0.25) is 0 Å². The Morgan fingerprint density at radius 1 is 1.43 bits per heavy atom. The van der Waals surface area contributed by atoms with Crippen molar-refractivity contribution in [3.8, 4) is 11.5 Å². The van der Waals surface area contributed by atoms with E-state index in [0.717, 1.165) is 17.2 Å². The SMILES string of the molecule is Cc1cc(-c2nccn2C(C)C)n[nH]1. The van der Waals surface area contributed by atoms with Crippen molar-refractivity contribution < 1.29 is 0 Å². The molecule has 2 aromatic heterocycles. The van der Waals surface area contributed by atoms with Gasteiger partial charge in [0.1, 0.15) is 5.69 Å². The van der Waals surface area contributed by atoms with Crippen molar-refractivity contribution >= 4 is 0 Å². The highest BCUT2D eigenvalue weighted by Gasteiger charge is 2.10. The Morgan fingerprint density at radius 3 is 2.79 bits per heavy atom. The fourth-order valence-electron chi connectivity index (χ4n) is 1.46. The van der Waals surface area contributed by atoms with E-state index in [4.69, 9.17) is 0 Å². The fraction of sp³-hybridized carbons (Fsp3) is 0.400. The smallest absolute Gasteiger partial charge is 0.160 e. The molecule has 2 heterocycles. The Kier molecular flexibility index (Phi) is 2.11. The number of aromatic nitrogens is 4. The Labute approximate surface area is 83.0 Å². The van der Waals surface area contributed by atoms with Gasteiger partial charge >= 0.3 is 0 Å². The quantitative estimate of drug-likeness (QED) is 0.788. The molecule has 0 aliphatic heterocycles. The van der Waals surface area contributed by atoms with E-state index in [1.165, 1.54) is 0 Å². The van der Waals surface area contributed by atoms with Crippen molar-refractivity contribution in [2.75, 3.05) is 0 Å². The van der Waals surface area contributed by atoms with Gasteiger partial charge in [0.15, 0.2) is 5.82 Å². The molecule has 1 N–H and O–H groups in total. The van der Waals surface area contributed by atoms with Gasteiger partial charge in [-0.1, -0.05) is 0 Å². The molecule has 4 nitrogen and oxygen atoms in total. The first-order valence-corrected chi connectivity index (χ1v) is 4.73. The average Bonchev–Trinajstić information content (AvgIpc) is 2.70. The first-order valence-electron chi connectivity index (χ1n) is 4.73. The standard InChI is InChI=1S/C10H14N4/c1-7(2)14-5-4-11-10(14)9-6-8(3)12-13-9/h4-7H,1-3H3,(H,12,13). The fourth-order valence-corrected chi connectivity index (χ4v) is 1.46. The Bertz CT molecular complexity index is 425. The number of rotatable bonds is 2. The van der Waals surface area contributed by atoms with Gasteiger partial charge in [-0.2, -0.15) is 5.10 Å². The van der Waals surface area contributed by atoms with Crippen LogP contribution in [0, 0.1) is 6.92 Å². The lowest BCUT2D eigenvalue weighted by Gasteiger charge is -2.08. The molecule has 0 fully saturated rings. The van der Waals surface area contributed by atoms with Crippen LogP contribution in [-0.4, -0.2) is 19.7 Å². The van der Waals surface area contributed by atoms with Crippen LogP contribution >= 0.6 is 0 Å². The molecule has 74 valence electrons. The highest BCUT2D eigenvalue weighted by atomic mass is 15.2. The van der Waals surface area contributed by atoms with Crippen molar-refractivity contribution in [3.63, 3.8) is 0 Å². The van der Waals surface area contributed by atoms with Gasteiger partial charge in [-0.25, -0.2) is 4.98 Å². The van der Waals surface area contributed by atoms with E-state index in [-0.39, 0.29) is 0 Å². The molecule has 4 heteroatoms. The summed E-state index contributed by atoms with van der Waals surface area (Å²) >= 11 is 0. The summed E-state index contributed by atoms with van der Waals surface area (Å²) in [5, 5.41) is 7.11. The minimum absolute atomic E-state index is 0.407. The van der Waals surface area contributed by atoms with Crippen LogP contribution in [0.4, 0.5) is 0 Å². The van der Waals surface area contributed by atoms with Gasteiger partial charge in [0.2, 0.25) is 0 Å². The molecule has 2 aromatic rings. The third-order valence-corrected chi connectivity index (χ3v) is 2.16. The Balaban J connectivity index is 2.46. The largest absolute Gasteiger partial charge is 0.327 e. The van der Waals surface area contributed by atoms with E-state index in [1.54, 1.807) is 6.20 Å². The normalized spacial score (nSPS) is 11.1. The van der Waals surface area contributed by atoms with E-state index in [2.05, 4.69) is 33.6 Å². The first-order chi connectivity index (χ1) is 6.68. The minimum Gasteiger partial charge on any atom is -0.327 e. The van der Waals surface area contributed by atoms with Crippen molar-refractivity contribution in [3.05, 3.63) is 24.2 Å². The maximum Gasteiger partial charge on any atom is 0.160 e. The number of imidazole rings is 1.